The van der Waals surface area contributed by atoms with Crippen molar-refractivity contribution in [2.45, 2.75) is 6.54 Å². The number of nitrogen functional groups attached to an aromatic ring is 1. The molecule has 72 valence electrons. The number of nitrogens with two attached hydrogens (primary N) is 2. The molecule has 0 aliphatic carbocycles. The Balaban J connectivity index is 2.39. The van der Waals surface area contributed by atoms with Gasteiger partial charge in [-0.25, -0.2) is 4.98 Å². The zero-order chi connectivity index (χ0) is 9.97. The van der Waals surface area contributed by atoms with E-state index in [1.165, 1.54) is 0 Å². The third kappa shape index (κ3) is 1.76. The minimum atomic E-state index is 0.542. The van der Waals surface area contributed by atoms with Crippen molar-refractivity contribution in [1.29, 1.82) is 0 Å². The highest BCUT2D eigenvalue weighted by Crippen LogP contribution is 2.25. The lowest BCUT2D eigenvalue weighted by atomic mass is 10.2. The van der Waals surface area contributed by atoms with Crippen LogP contribution in [0.25, 0.3) is 10.6 Å². The molecule has 4 N–H and O–H groups in total. The molecule has 0 spiro atoms. The van der Waals surface area contributed by atoms with Crippen molar-refractivity contribution in [3.8, 4) is 10.6 Å². The van der Waals surface area contributed by atoms with Crippen LogP contribution >= 0.6 is 11.3 Å². The van der Waals surface area contributed by atoms with Crippen LogP contribution in [-0.2, 0) is 6.54 Å². The van der Waals surface area contributed by atoms with Crippen molar-refractivity contribution >= 4 is 17.0 Å². The molecule has 0 saturated carbocycles. The van der Waals surface area contributed by atoms with E-state index in [-0.39, 0.29) is 0 Å². The van der Waals surface area contributed by atoms with Crippen LogP contribution < -0.4 is 11.5 Å². The summed E-state index contributed by atoms with van der Waals surface area (Å²) in [5, 5.41) is 0.970. The molecule has 1 aromatic heterocycles. The standard InChI is InChI=1S/C10H11N3S/c11-5-9-6-13-10(14-9)7-2-1-3-8(12)4-7/h1-4,6H,5,11-12H2. The van der Waals surface area contributed by atoms with Crippen LogP contribution in [0.15, 0.2) is 30.5 Å². The molecular weight excluding hydrogens is 194 g/mol. The molecule has 0 aliphatic heterocycles. The van der Waals surface area contributed by atoms with Gasteiger partial charge in [0.1, 0.15) is 5.01 Å². The van der Waals surface area contributed by atoms with Crippen LogP contribution in [0.2, 0.25) is 0 Å². The number of thiazole rings is 1. The second kappa shape index (κ2) is 3.77. The molecule has 0 amide bonds. The van der Waals surface area contributed by atoms with Crippen LogP contribution in [0.4, 0.5) is 5.69 Å². The Hall–Kier alpha value is -1.39. The lowest BCUT2D eigenvalue weighted by molar-refractivity contribution is 1.10. The third-order valence-electron chi connectivity index (χ3n) is 1.89. The average molecular weight is 205 g/mol. The first-order chi connectivity index (χ1) is 6.79. The van der Waals surface area contributed by atoms with Crippen LogP contribution in [0.1, 0.15) is 4.88 Å². The van der Waals surface area contributed by atoms with E-state index in [4.69, 9.17) is 11.5 Å². The highest BCUT2D eigenvalue weighted by Gasteiger charge is 2.03. The summed E-state index contributed by atoms with van der Waals surface area (Å²) in [5.41, 5.74) is 13.0. The Morgan fingerprint density at radius 1 is 1.36 bits per heavy atom. The predicted molar refractivity (Wildman–Crippen MR) is 59.9 cm³/mol. The molecule has 4 heteroatoms. The number of hydrogen-bond donors (Lipinski definition) is 2. The lowest BCUT2D eigenvalue weighted by Gasteiger charge is -1.96. The molecule has 1 aromatic carbocycles. The van der Waals surface area contributed by atoms with Crippen LogP contribution in [0.3, 0.4) is 0 Å². The summed E-state index contributed by atoms with van der Waals surface area (Å²) in [5.74, 6) is 0. The first-order valence-corrected chi connectivity index (χ1v) is 5.12. The van der Waals surface area contributed by atoms with Gasteiger partial charge in [-0.3, -0.25) is 0 Å². The molecule has 2 aromatic rings. The van der Waals surface area contributed by atoms with E-state index < -0.39 is 0 Å². The zero-order valence-corrected chi connectivity index (χ0v) is 8.42. The number of benzene rings is 1. The summed E-state index contributed by atoms with van der Waals surface area (Å²) in [6.45, 7) is 0.542. The van der Waals surface area contributed by atoms with E-state index in [0.717, 1.165) is 21.1 Å². The average Bonchev–Trinajstić information content (AvgIpc) is 2.66. The Morgan fingerprint density at radius 2 is 2.21 bits per heavy atom. The van der Waals surface area contributed by atoms with Crippen LogP contribution in [0.5, 0.6) is 0 Å². The summed E-state index contributed by atoms with van der Waals surface area (Å²) in [6.07, 6.45) is 1.81. The topological polar surface area (TPSA) is 64.9 Å². The smallest absolute Gasteiger partial charge is 0.123 e. The largest absolute Gasteiger partial charge is 0.399 e. The fourth-order valence-electron chi connectivity index (χ4n) is 1.21. The summed E-state index contributed by atoms with van der Waals surface area (Å²) in [7, 11) is 0. The highest BCUT2D eigenvalue weighted by atomic mass is 32.1. The molecule has 14 heavy (non-hydrogen) atoms. The summed E-state index contributed by atoms with van der Waals surface area (Å²) >= 11 is 1.60. The maximum absolute atomic E-state index is 5.69. The fraction of sp³-hybridized carbons (Fsp3) is 0.100. The van der Waals surface area contributed by atoms with Crippen molar-refractivity contribution in [2.75, 3.05) is 5.73 Å². The summed E-state index contributed by atoms with van der Waals surface area (Å²) in [4.78, 5) is 5.37. The van der Waals surface area contributed by atoms with Gasteiger partial charge >= 0.3 is 0 Å². The Bertz CT molecular complexity index is 436. The molecule has 0 atom stereocenters. The number of nitrogens with zero attached hydrogens (tertiary/aromatic N) is 1. The monoisotopic (exact) mass is 205 g/mol. The van der Waals surface area contributed by atoms with E-state index in [1.54, 1.807) is 11.3 Å². The molecule has 0 bridgehead atoms. The van der Waals surface area contributed by atoms with Gasteiger partial charge in [-0.05, 0) is 12.1 Å². The van der Waals surface area contributed by atoms with Gasteiger partial charge in [0.25, 0.3) is 0 Å². The van der Waals surface area contributed by atoms with E-state index in [1.807, 2.05) is 30.5 Å². The first-order valence-electron chi connectivity index (χ1n) is 4.30. The van der Waals surface area contributed by atoms with E-state index in [0.29, 0.717) is 6.54 Å². The fourth-order valence-corrected chi connectivity index (χ4v) is 1.99. The number of aromatic nitrogens is 1. The normalized spacial score (nSPS) is 10.4. The molecule has 0 fully saturated rings. The Morgan fingerprint density at radius 3 is 2.86 bits per heavy atom. The van der Waals surface area contributed by atoms with Gasteiger partial charge in [0.2, 0.25) is 0 Å². The van der Waals surface area contributed by atoms with Crippen molar-refractivity contribution in [3.63, 3.8) is 0 Å². The molecule has 3 nitrogen and oxygen atoms in total. The molecule has 0 unspecified atom stereocenters. The first kappa shape index (κ1) is 9.18. The minimum Gasteiger partial charge on any atom is -0.399 e. The van der Waals surface area contributed by atoms with E-state index >= 15 is 0 Å². The second-order valence-corrected chi connectivity index (χ2v) is 4.08. The maximum Gasteiger partial charge on any atom is 0.123 e. The SMILES string of the molecule is NCc1cnc(-c2cccc(N)c2)s1. The molecule has 1 heterocycles. The molecule has 0 radical (unpaired) electrons. The Kier molecular flexibility index (Phi) is 2.47. The van der Waals surface area contributed by atoms with Gasteiger partial charge in [-0.15, -0.1) is 11.3 Å². The van der Waals surface area contributed by atoms with Gasteiger partial charge in [0, 0.05) is 28.9 Å². The van der Waals surface area contributed by atoms with E-state index in [9.17, 15) is 0 Å². The number of rotatable bonds is 2. The second-order valence-electron chi connectivity index (χ2n) is 2.96. The number of anilines is 1. The lowest BCUT2D eigenvalue weighted by Crippen LogP contribution is -1.91. The van der Waals surface area contributed by atoms with Gasteiger partial charge in [-0.1, -0.05) is 12.1 Å². The van der Waals surface area contributed by atoms with Gasteiger partial charge in [0.15, 0.2) is 0 Å². The van der Waals surface area contributed by atoms with Crippen molar-refractivity contribution < 1.29 is 0 Å². The van der Waals surface area contributed by atoms with Crippen molar-refractivity contribution in [1.82, 2.24) is 4.98 Å². The zero-order valence-electron chi connectivity index (χ0n) is 7.60. The summed E-state index contributed by atoms with van der Waals surface area (Å²) in [6, 6.07) is 7.70. The number of hydrogen-bond acceptors (Lipinski definition) is 4. The van der Waals surface area contributed by atoms with Crippen LogP contribution in [-0.4, -0.2) is 4.98 Å². The molecular formula is C10H11N3S. The quantitative estimate of drug-likeness (QED) is 0.735. The molecule has 0 saturated heterocycles. The van der Waals surface area contributed by atoms with Crippen molar-refractivity contribution in [3.05, 3.63) is 35.3 Å². The summed E-state index contributed by atoms with van der Waals surface area (Å²) < 4.78 is 0. The predicted octanol–water partition coefficient (Wildman–Crippen LogP) is 1.85. The molecule has 2 rings (SSSR count). The van der Waals surface area contributed by atoms with Gasteiger partial charge < -0.3 is 11.5 Å². The minimum absolute atomic E-state index is 0.542. The third-order valence-corrected chi connectivity index (χ3v) is 2.96. The maximum atomic E-state index is 5.69. The molecule has 0 aliphatic rings. The highest BCUT2D eigenvalue weighted by molar-refractivity contribution is 7.15. The Labute approximate surface area is 86.4 Å². The van der Waals surface area contributed by atoms with Gasteiger partial charge in [0.05, 0.1) is 0 Å². The van der Waals surface area contributed by atoms with Gasteiger partial charge in [-0.2, -0.15) is 0 Å². The van der Waals surface area contributed by atoms with E-state index in [2.05, 4.69) is 4.98 Å². The van der Waals surface area contributed by atoms with Crippen LogP contribution in [0, 0.1) is 0 Å². The van der Waals surface area contributed by atoms with Crippen molar-refractivity contribution in [2.24, 2.45) is 5.73 Å².